The number of hydrogen-bond acceptors (Lipinski definition) is 3. The molecule has 0 radical (unpaired) electrons. The Bertz CT molecular complexity index is 553. The molecule has 0 unspecified atom stereocenters. The molecule has 0 aromatic heterocycles. The minimum Gasteiger partial charge on any atom is -0.508 e. The van der Waals surface area contributed by atoms with Gasteiger partial charge in [0.15, 0.2) is 0 Å². The molecule has 3 rings (SSSR count). The monoisotopic (exact) mass is 242 g/mol. The fraction of sp³-hybridized carbons (Fsp3) is 0.200. The summed E-state index contributed by atoms with van der Waals surface area (Å²) in [4.78, 5) is 0. The van der Waals surface area contributed by atoms with Gasteiger partial charge < -0.3 is 14.9 Å². The van der Waals surface area contributed by atoms with E-state index in [1.54, 1.807) is 36.4 Å². The Morgan fingerprint density at radius 3 is 1.89 bits per heavy atom. The van der Waals surface area contributed by atoms with Gasteiger partial charge in [-0.05, 0) is 42.8 Å². The van der Waals surface area contributed by atoms with Crippen LogP contribution in [-0.4, -0.2) is 10.2 Å². The van der Waals surface area contributed by atoms with Crippen molar-refractivity contribution in [2.24, 2.45) is 0 Å². The highest BCUT2D eigenvalue weighted by Crippen LogP contribution is 2.47. The SMILES string of the molecule is CCC1c2cc(O)ccc2Oc2ccc(O)cc21. The second-order valence-electron chi connectivity index (χ2n) is 4.51. The Balaban J connectivity index is 2.19. The number of phenolic OH excluding ortho intramolecular Hbond substituents is 2. The van der Waals surface area contributed by atoms with Crippen LogP contribution in [0, 0.1) is 0 Å². The quantitative estimate of drug-likeness (QED) is 0.800. The zero-order valence-electron chi connectivity index (χ0n) is 10.1. The van der Waals surface area contributed by atoms with Crippen molar-refractivity contribution in [1.82, 2.24) is 0 Å². The van der Waals surface area contributed by atoms with Gasteiger partial charge in [-0.25, -0.2) is 0 Å². The molecule has 0 fully saturated rings. The van der Waals surface area contributed by atoms with Crippen LogP contribution in [-0.2, 0) is 0 Å². The van der Waals surface area contributed by atoms with E-state index in [0.29, 0.717) is 0 Å². The molecule has 0 aliphatic carbocycles. The summed E-state index contributed by atoms with van der Waals surface area (Å²) in [6.45, 7) is 2.08. The molecule has 1 aliphatic heterocycles. The van der Waals surface area contributed by atoms with Gasteiger partial charge in [0.25, 0.3) is 0 Å². The Morgan fingerprint density at radius 2 is 1.44 bits per heavy atom. The second kappa shape index (κ2) is 3.95. The molecule has 0 bridgehead atoms. The zero-order chi connectivity index (χ0) is 12.7. The summed E-state index contributed by atoms with van der Waals surface area (Å²) in [5, 5.41) is 19.2. The maximum absolute atomic E-state index is 9.60. The molecule has 0 spiro atoms. The Morgan fingerprint density at radius 1 is 0.944 bits per heavy atom. The minimum atomic E-state index is 0.142. The lowest BCUT2D eigenvalue weighted by Gasteiger charge is -2.27. The van der Waals surface area contributed by atoms with E-state index < -0.39 is 0 Å². The van der Waals surface area contributed by atoms with Crippen LogP contribution < -0.4 is 4.74 Å². The lowest BCUT2D eigenvalue weighted by Crippen LogP contribution is -2.09. The first-order valence-electron chi connectivity index (χ1n) is 6.02. The first-order chi connectivity index (χ1) is 8.69. The number of fused-ring (bicyclic) bond motifs is 2. The van der Waals surface area contributed by atoms with Gasteiger partial charge in [-0.1, -0.05) is 6.92 Å². The molecule has 2 aromatic carbocycles. The number of hydrogen-bond donors (Lipinski definition) is 2. The Kier molecular flexibility index (Phi) is 2.40. The van der Waals surface area contributed by atoms with Crippen molar-refractivity contribution in [3.63, 3.8) is 0 Å². The maximum Gasteiger partial charge on any atom is 0.131 e. The van der Waals surface area contributed by atoms with Gasteiger partial charge >= 0.3 is 0 Å². The third-order valence-corrected chi connectivity index (χ3v) is 3.37. The van der Waals surface area contributed by atoms with Crippen LogP contribution >= 0.6 is 0 Å². The van der Waals surface area contributed by atoms with E-state index in [-0.39, 0.29) is 17.4 Å². The average Bonchev–Trinajstić information content (AvgIpc) is 2.36. The van der Waals surface area contributed by atoms with Crippen LogP contribution in [0.2, 0.25) is 0 Å². The number of ether oxygens (including phenoxy) is 1. The molecule has 3 heteroatoms. The van der Waals surface area contributed by atoms with Crippen LogP contribution in [0.4, 0.5) is 0 Å². The summed E-state index contributed by atoms with van der Waals surface area (Å²) in [6.07, 6.45) is 0.885. The van der Waals surface area contributed by atoms with Gasteiger partial charge in [-0.2, -0.15) is 0 Å². The fourth-order valence-corrected chi connectivity index (χ4v) is 2.53. The third kappa shape index (κ3) is 1.59. The van der Waals surface area contributed by atoms with Crippen molar-refractivity contribution in [2.75, 3.05) is 0 Å². The summed E-state index contributed by atoms with van der Waals surface area (Å²) in [6, 6.07) is 10.3. The third-order valence-electron chi connectivity index (χ3n) is 3.37. The number of phenols is 2. The predicted octanol–water partition coefficient (Wildman–Crippen LogP) is 3.75. The minimum absolute atomic E-state index is 0.142. The van der Waals surface area contributed by atoms with Gasteiger partial charge in [0.1, 0.15) is 23.0 Å². The Hall–Kier alpha value is -2.16. The van der Waals surface area contributed by atoms with E-state index in [2.05, 4.69) is 6.92 Å². The Labute approximate surface area is 105 Å². The van der Waals surface area contributed by atoms with Crippen LogP contribution in [0.1, 0.15) is 30.4 Å². The summed E-state index contributed by atoms with van der Waals surface area (Å²) in [5.41, 5.74) is 1.94. The number of benzene rings is 2. The molecule has 1 heterocycles. The molecular weight excluding hydrogens is 228 g/mol. The molecule has 18 heavy (non-hydrogen) atoms. The standard InChI is InChI=1S/C15H14O3/c1-2-11-12-7-9(16)3-5-14(12)18-15-6-4-10(17)8-13(11)15/h3-8,11,16-17H,2H2,1H3. The number of rotatable bonds is 1. The highest BCUT2D eigenvalue weighted by atomic mass is 16.5. The number of aromatic hydroxyl groups is 2. The molecule has 3 nitrogen and oxygen atoms in total. The topological polar surface area (TPSA) is 49.7 Å². The van der Waals surface area contributed by atoms with Crippen LogP contribution in [0.3, 0.4) is 0 Å². The molecule has 0 saturated carbocycles. The molecule has 0 saturated heterocycles. The molecule has 1 aliphatic rings. The van der Waals surface area contributed by atoms with Gasteiger partial charge in [-0.15, -0.1) is 0 Å². The first kappa shape index (κ1) is 11.0. The van der Waals surface area contributed by atoms with Gasteiger partial charge in [-0.3, -0.25) is 0 Å². The molecule has 92 valence electrons. The zero-order valence-corrected chi connectivity index (χ0v) is 10.1. The first-order valence-corrected chi connectivity index (χ1v) is 6.02. The fourth-order valence-electron chi connectivity index (χ4n) is 2.53. The van der Waals surface area contributed by atoms with E-state index in [4.69, 9.17) is 4.74 Å². The average molecular weight is 242 g/mol. The van der Waals surface area contributed by atoms with Gasteiger partial charge in [0, 0.05) is 17.0 Å². The van der Waals surface area contributed by atoms with Crippen molar-refractivity contribution in [3.8, 4) is 23.0 Å². The highest BCUT2D eigenvalue weighted by Gasteiger charge is 2.26. The van der Waals surface area contributed by atoms with Crippen molar-refractivity contribution >= 4 is 0 Å². The summed E-state index contributed by atoms with van der Waals surface area (Å²) >= 11 is 0. The van der Waals surface area contributed by atoms with Crippen molar-refractivity contribution < 1.29 is 14.9 Å². The van der Waals surface area contributed by atoms with E-state index >= 15 is 0 Å². The van der Waals surface area contributed by atoms with Gasteiger partial charge in [0.05, 0.1) is 0 Å². The normalized spacial score (nSPS) is 13.6. The van der Waals surface area contributed by atoms with Crippen molar-refractivity contribution in [2.45, 2.75) is 19.3 Å². The maximum atomic E-state index is 9.60. The lowest BCUT2D eigenvalue weighted by molar-refractivity contribution is 0.429. The van der Waals surface area contributed by atoms with Crippen molar-refractivity contribution in [1.29, 1.82) is 0 Å². The lowest BCUT2D eigenvalue weighted by atomic mass is 9.86. The van der Waals surface area contributed by atoms with Crippen LogP contribution in [0.5, 0.6) is 23.0 Å². The van der Waals surface area contributed by atoms with Crippen LogP contribution in [0.15, 0.2) is 36.4 Å². The molecule has 0 atom stereocenters. The summed E-state index contributed by atoms with van der Waals surface area (Å²) in [5.74, 6) is 2.16. The molecule has 0 amide bonds. The van der Waals surface area contributed by atoms with Gasteiger partial charge in [0.2, 0.25) is 0 Å². The molecule has 2 aromatic rings. The smallest absolute Gasteiger partial charge is 0.131 e. The summed E-state index contributed by atoms with van der Waals surface area (Å²) < 4.78 is 5.80. The van der Waals surface area contributed by atoms with E-state index in [9.17, 15) is 10.2 Å². The van der Waals surface area contributed by atoms with Crippen molar-refractivity contribution in [3.05, 3.63) is 47.5 Å². The largest absolute Gasteiger partial charge is 0.508 e. The highest BCUT2D eigenvalue weighted by molar-refractivity contribution is 5.56. The van der Waals surface area contributed by atoms with E-state index in [1.165, 1.54) is 0 Å². The predicted molar refractivity (Wildman–Crippen MR) is 68.4 cm³/mol. The van der Waals surface area contributed by atoms with Crippen LogP contribution in [0.25, 0.3) is 0 Å². The molecule has 2 N–H and O–H groups in total. The summed E-state index contributed by atoms with van der Waals surface area (Å²) in [7, 11) is 0. The van der Waals surface area contributed by atoms with E-state index in [1.807, 2.05) is 0 Å². The second-order valence-corrected chi connectivity index (χ2v) is 4.51. The molecular formula is C15H14O3. The van der Waals surface area contributed by atoms with E-state index in [0.717, 1.165) is 29.0 Å².